The second kappa shape index (κ2) is 11.9. The second-order valence-corrected chi connectivity index (χ2v) is 12.6. The molecule has 230 valence electrons. The number of hydrogen-bond acceptors (Lipinski definition) is 9. The third-order valence-electron chi connectivity index (χ3n) is 9.47. The van der Waals surface area contributed by atoms with Crippen LogP contribution < -0.4 is 15.0 Å². The second-order valence-electron chi connectivity index (χ2n) is 12.1. The molecule has 1 unspecified atom stereocenters. The van der Waals surface area contributed by atoms with Crippen molar-refractivity contribution in [3.05, 3.63) is 58.6 Å². The summed E-state index contributed by atoms with van der Waals surface area (Å²) in [7, 11) is 2.09. The number of nitriles is 2. The first-order valence-corrected chi connectivity index (χ1v) is 15.8. The zero-order chi connectivity index (χ0) is 31.2. The third kappa shape index (κ3) is 5.05. The van der Waals surface area contributed by atoms with Crippen molar-refractivity contribution in [3.8, 4) is 18.1 Å². The van der Waals surface area contributed by atoms with Gasteiger partial charge in [0.25, 0.3) is 0 Å². The van der Waals surface area contributed by atoms with Gasteiger partial charge in [-0.2, -0.15) is 15.6 Å². The zero-order valence-corrected chi connectivity index (χ0v) is 25.9. The largest absolute Gasteiger partial charge is 0.472 e. The number of benzene rings is 1. The Kier molecular flexibility index (Phi) is 7.78. The number of nitrogens with zero attached hydrogens (tertiary/aromatic N) is 8. The molecular formula is C33H33ClFN9O. The summed E-state index contributed by atoms with van der Waals surface area (Å²) < 4.78 is 25.5. The number of aromatic nitrogens is 4. The minimum Gasteiger partial charge on any atom is -0.472 e. The van der Waals surface area contributed by atoms with Crippen LogP contribution in [0.3, 0.4) is 0 Å². The molecule has 4 aromatic rings. The molecule has 0 amide bonds. The number of anilines is 1. The number of rotatable bonds is 6. The van der Waals surface area contributed by atoms with Gasteiger partial charge in [0.05, 0.1) is 41.7 Å². The first-order chi connectivity index (χ1) is 21.9. The Morgan fingerprint density at radius 3 is 2.91 bits per heavy atom. The smallest absolute Gasteiger partial charge is 0.225 e. The van der Waals surface area contributed by atoms with Gasteiger partial charge in [-0.05, 0) is 70.9 Å². The maximum atomic E-state index is 17.0. The van der Waals surface area contributed by atoms with Crippen LogP contribution in [0.1, 0.15) is 62.2 Å². The average molecular weight is 626 g/mol. The Morgan fingerprint density at radius 2 is 2.13 bits per heavy atom. The Morgan fingerprint density at radius 1 is 1.27 bits per heavy atom. The van der Waals surface area contributed by atoms with E-state index >= 15 is 4.39 Å². The highest BCUT2D eigenvalue weighted by atomic mass is 35.5. The van der Waals surface area contributed by atoms with E-state index in [9.17, 15) is 10.5 Å². The van der Waals surface area contributed by atoms with E-state index in [2.05, 4.69) is 34.5 Å². The quantitative estimate of drug-likeness (QED) is 0.261. The van der Waals surface area contributed by atoms with Crippen LogP contribution in [0.25, 0.3) is 27.9 Å². The van der Waals surface area contributed by atoms with E-state index in [-0.39, 0.29) is 40.3 Å². The van der Waals surface area contributed by atoms with Crippen LogP contribution in [0.15, 0.2) is 36.7 Å². The van der Waals surface area contributed by atoms with Crippen LogP contribution in [0.5, 0.6) is 5.88 Å². The van der Waals surface area contributed by atoms with Gasteiger partial charge < -0.3 is 10.1 Å². The maximum Gasteiger partial charge on any atom is 0.225 e. The molecule has 6 heterocycles. The lowest BCUT2D eigenvalue weighted by atomic mass is 9.96. The van der Waals surface area contributed by atoms with Crippen molar-refractivity contribution in [3.63, 3.8) is 0 Å². The van der Waals surface area contributed by atoms with Gasteiger partial charge in [0.15, 0.2) is 12.0 Å². The molecule has 2 fully saturated rings. The van der Waals surface area contributed by atoms with Crippen molar-refractivity contribution >= 4 is 45.3 Å². The molecule has 0 saturated carbocycles. The Bertz CT molecular complexity index is 1900. The molecule has 7 rings (SSSR count). The fourth-order valence-corrected chi connectivity index (χ4v) is 7.55. The lowest BCUT2D eigenvalue weighted by Gasteiger charge is -2.30. The zero-order valence-electron chi connectivity index (χ0n) is 25.1. The van der Waals surface area contributed by atoms with Gasteiger partial charge in [0.1, 0.15) is 17.4 Å². The molecule has 0 spiro atoms. The Labute approximate surface area is 265 Å². The predicted molar refractivity (Wildman–Crippen MR) is 170 cm³/mol. The summed E-state index contributed by atoms with van der Waals surface area (Å²) >= 11 is 6.92. The summed E-state index contributed by atoms with van der Waals surface area (Å²) in [6.07, 6.45) is 12.9. The summed E-state index contributed by atoms with van der Waals surface area (Å²) in [5.74, 6) is 0.125. The lowest BCUT2D eigenvalue weighted by molar-refractivity contribution is 0.119. The summed E-state index contributed by atoms with van der Waals surface area (Å²) in [5.41, 5.74) is 1.70. The summed E-state index contributed by atoms with van der Waals surface area (Å²) in [6.45, 7) is 3.76. The summed E-state index contributed by atoms with van der Waals surface area (Å²) in [6, 6.07) is 7.05. The molecule has 2 saturated heterocycles. The van der Waals surface area contributed by atoms with E-state index in [0.717, 1.165) is 37.9 Å². The summed E-state index contributed by atoms with van der Waals surface area (Å²) in [4.78, 5) is 12.8. The lowest BCUT2D eigenvalue weighted by Crippen LogP contribution is -2.38. The fourth-order valence-electron chi connectivity index (χ4n) is 7.24. The average Bonchev–Trinajstić information content (AvgIpc) is 3.69. The van der Waals surface area contributed by atoms with Crippen molar-refractivity contribution < 1.29 is 9.13 Å². The molecule has 3 aliphatic heterocycles. The van der Waals surface area contributed by atoms with Gasteiger partial charge in [-0.15, -0.1) is 0 Å². The number of hydrogen-bond donors (Lipinski definition) is 1. The molecular weight excluding hydrogens is 593 g/mol. The van der Waals surface area contributed by atoms with Crippen LogP contribution in [0.4, 0.5) is 10.2 Å². The van der Waals surface area contributed by atoms with Crippen molar-refractivity contribution in [2.75, 3.05) is 25.0 Å². The summed E-state index contributed by atoms with van der Waals surface area (Å²) in [5, 5.41) is 29.1. The van der Waals surface area contributed by atoms with Crippen molar-refractivity contribution in [1.82, 2.24) is 30.0 Å². The highest BCUT2D eigenvalue weighted by Crippen LogP contribution is 2.43. The SMILES string of the molecule is C[C@H](Oc1nc2c(F)c(C3C=Cc4cccnc4N3C#N)c(Cl)cc2c2c1cnn2[C@H]1CCN[C@H](CC#N)C1)[C@@H]1CCCN1C. The Balaban J connectivity index is 1.40. The van der Waals surface area contributed by atoms with E-state index in [1.807, 2.05) is 23.7 Å². The predicted octanol–water partition coefficient (Wildman–Crippen LogP) is 5.90. The first kappa shape index (κ1) is 29.4. The highest BCUT2D eigenvalue weighted by Gasteiger charge is 2.34. The molecule has 1 aromatic carbocycles. The minimum absolute atomic E-state index is 0.0154. The van der Waals surface area contributed by atoms with Crippen molar-refractivity contribution in [1.29, 1.82) is 10.5 Å². The van der Waals surface area contributed by atoms with Gasteiger partial charge >= 0.3 is 0 Å². The molecule has 10 nitrogen and oxygen atoms in total. The topological polar surface area (TPSA) is 119 Å². The number of nitrogens with one attached hydrogen (secondary N) is 1. The molecule has 0 radical (unpaired) electrons. The molecule has 5 atom stereocenters. The molecule has 1 N–H and O–H groups in total. The molecule has 0 bridgehead atoms. The molecule has 0 aliphatic carbocycles. The van der Waals surface area contributed by atoms with Crippen molar-refractivity contribution in [2.45, 2.75) is 69.3 Å². The monoisotopic (exact) mass is 625 g/mol. The van der Waals surface area contributed by atoms with Gasteiger partial charge in [-0.1, -0.05) is 23.8 Å². The van der Waals surface area contributed by atoms with E-state index in [0.29, 0.717) is 40.8 Å². The number of likely N-dealkylation sites (tertiary alicyclic amines) is 1. The van der Waals surface area contributed by atoms with Crippen LogP contribution >= 0.6 is 11.6 Å². The third-order valence-corrected chi connectivity index (χ3v) is 9.79. The fraction of sp³-hybridized carbons (Fsp3) is 0.424. The normalized spacial score (nSPS) is 24.0. The van der Waals surface area contributed by atoms with E-state index in [4.69, 9.17) is 26.4 Å². The number of piperidine rings is 1. The van der Waals surface area contributed by atoms with E-state index in [1.165, 1.54) is 4.90 Å². The van der Waals surface area contributed by atoms with Gasteiger partial charge in [-0.3, -0.25) is 14.5 Å². The molecule has 3 aliphatic rings. The first-order valence-electron chi connectivity index (χ1n) is 15.4. The van der Waals surface area contributed by atoms with Crippen molar-refractivity contribution in [2.24, 2.45) is 0 Å². The van der Waals surface area contributed by atoms with Gasteiger partial charge in [-0.25, -0.2) is 14.4 Å². The number of pyridine rings is 2. The number of fused-ring (bicyclic) bond motifs is 4. The number of ether oxygens (including phenoxy) is 1. The number of halogens is 2. The van der Waals surface area contributed by atoms with Gasteiger partial charge in [0, 0.05) is 39.8 Å². The van der Waals surface area contributed by atoms with Gasteiger partial charge in [0.2, 0.25) is 5.88 Å². The van der Waals surface area contributed by atoms with Crippen LogP contribution in [-0.2, 0) is 0 Å². The minimum atomic E-state index is -0.816. The molecule has 12 heteroatoms. The standard InChI is InChI=1S/C33H33ClFN9O/c1-19(26-6-4-14-42(26)2)45-33-24-17-40-44(22-10-13-38-21(15-22)9-11-36)31(24)23-16-25(34)28(29(35)30(23)41-33)27-8-7-20-5-3-12-39-32(20)43(27)18-37/h3,5,7-8,12,16-17,19,21-22,26-27,38H,4,6,9-10,13-15H2,1-2H3/t19-,21+,22-,26-,27?/m0/s1. The highest BCUT2D eigenvalue weighted by molar-refractivity contribution is 6.32. The van der Waals surface area contributed by atoms with Crippen LogP contribution in [-0.4, -0.2) is 63.0 Å². The van der Waals surface area contributed by atoms with Crippen LogP contribution in [0.2, 0.25) is 5.02 Å². The molecule has 45 heavy (non-hydrogen) atoms. The molecule has 3 aromatic heterocycles. The maximum absolute atomic E-state index is 17.0. The number of likely N-dealkylation sites (N-methyl/N-ethyl adjacent to an activating group) is 1. The van der Waals surface area contributed by atoms with E-state index < -0.39 is 11.9 Å². The van der Waals surface area contributed by atoms with E-state index in [1.54, 1.807) is 30.6 Å². The van der Waals surface area contributed by atoms with Crippen LogP contribution in [0, 0.1) is 28.6 Å². The Hall–Kier alpha value is -4.29.